The van der Waals surface area contributed by atoms with Gasteiger partial charge in [-0.05, 0) is 31.9 Å². The van der Waals surface area contributed by atoms with Crippen LogP contribution in [-0.4, -0.2) is 27.5 Å². The molecule has 1 aliphatic rings. The molecule has 126 valence electrons. The molecule has 0 atom stereocenters. The first kappa shape index (κ1) is 16.2. The maximum absolute atomic E-state index is 12.3. The summed E-state index contributed by atoms with van der Waals surface area (Å²) in [6, 6.07) is 9.44. The summed E-state index contributed by atoms with van der Waals surface area (Å²) in [6.07, 6.45) is 2.58. The molecule has 0 saturated heterocycles. The summed E-state index contributed by atoms with van der Waals surface area (Å²) >= 11 is 0. The van der Waals surface area contributed by atoms with Gasteiger partial charge in [0.05, 0.1) is 12.1 Å². The number of nitrogens with zero attached hydrogens (tertiary/aromatic N) is 1. The number of hydrogen-bond donors (Lipinski definition) is 2. The Hall–Kier alpha value is -2.63. The lowest BCUT2D eigenvalue weighted by Gasteiger charge is -2.25. The Morgan fingerprint density at radius 2 is 1.92 bits per heavy atom. The minimum Gasteiger partial charge on any atom is -0.480 e. The monoisotopic (exact) mass is 328 g/mol. The van der Waals surface area contributed by atoms with Gasteiger partial charge in [0.15, 0.2) is 0 Å². The highest BCUT2D eigenvalue weighted by atomic mass is 16.4. The molecule has 1 amide bonds. The lowest BCUT2D eigenvalue weighted by Crippen LogP contribution is -2.53. The molecule has 0 spiro atoms. The van der Waals surface area contributed by atoms with Crippen LogP contribution in [0.4, 0.5) is 0 Å². The van der Waals surface area contributed by atoms with Crippen LogP contribution < -0.4 is 5.32 Å². The van der Waals surface area contributed by atoms with E-state index in [0.717, 1.165) is 18.4 Å². The molecule has 0 aliphatic heterocycles. The zero-order chi connectivity index (χ0) is 17.2. The second-order valence-corrected chi connectivity index (χ2v) is 6.21. The van der Waals surface area contributed by atoms with Gasteiger partial charge in [0.2, 0.25) is 11.8 Å². The standard InChI is InChI=1S/C18H20N2O4/c1-12-14(19-16(24-12)13-7-3-2-4-8-13)11-15(21)20-18(17(22)23)9-5-6-10-18/h2-4,7-8H,5-6,9-11H2,1H3,(H,20,21)(H,22,23). The number of hydrogen-bond acceptors (Lipinski definition) is 4. The average molecular weight is 328 g/mol. The van der Waals surface area contributed by atoms with E-state index >= 15 is 0 Å². The Morgan fingerprint density at radius 1 is 1.25 bits per heavy atom. The maximum atomic E-state index is 12.3. The predicted molar refractivity (Wildman–Crippen MR) is 87.4 cm³/mol. The van der Waals surface area contributed by atoms with Gasteiger partial charge in [0.1, 0.15) is 11.3 Å². The first-order chi connectivity index (χ1) is 11.5. The van der Waals surface area contributed by atoms with Gasteiger partial charge in [-0.25, -0.2) is 9.78 Å². The van der Waals surface area contributed by atoms with Crippen molar-refractivity contribution in [2.24, 2.45) is 0 Å². The number of carboxylic acid groups (broad SMARTS) is 1. The Labute approximate surface area is 139 Å². The molecule has 1 fully saturated rings. The molecular formula is C18H20N2O4. The number of aryl methyl sites for hydroxylation is 1. The summed E-state index contributed by atoms with van der Waals surface area (Å²) in [7, 11) is 0. The van der Waals surface area contributed by atoms with E-state index in [0.29, 0.717) is 30.2 Å². The zero-order valence-electron chi connectivity index (χ0n) is 13.5. The number of aromatic nitrogens is 1. The van der Waals surface area contributed by atoms with E-state index in [9.17, 15) is 14.7 Å². The molecule has 2 aromatic rings. The molecule has 1 aromatic carbocycles. The van der Waals surface area contributed by atoms with Crippen molar-refractivity contribution in [3.8, 4) is 11.5 Å². The van der Waals surface area contributed by atoms with E-state index in [4.69, 9.17) is 4.42 Å². The normalized spacial score (nSPS) is 16.0. The quantitative estimate of drug-likeness (QED) is 0.880. The SMILES string of the molecule is Cc1oc(-c2ccccc2)nc1CC(=O)NC1(C(=O)O)CCCC1. The minimum absolute atomic E-state index is 0.0111. The summed E-state index contributed by atoms with van der Waals surface area (Å²) in [5, 5.41) is 12.1. The van der Waals surface area contributed by atoms with E-state index in [2.05, 4.69) is 10.3 Å². The summed E-state index contributed by atoms with van der Waals surface area (Å²) in [6.45, 7) is 1.75. The summed E-state index contributed by atoms with van der Waals surface area (Å²) < 4.78 is 5.64. The van der Waals surface area contributed by atoms with Crippen molar-refractivity contribution in [1.29, 1.82) is 0 Å². The second kappa shape index (κ2) is 6.47. The number of rotatable bonds is 5. The fourth-order valence-corrected chi connectivity index (χ4v) is 3.13. The number of nitrogens with one attached hydrogen (secondary N) is 1. The van der Waals surface area contributed by atoms with Crippen molar-refractivity contribution in [1.82, 2.24) is 10.3 Å². The van der Waals surface area contributed by atoms with Crippen LogP contribution in [0.1, 0.15) is 37.1 Å². The average Bonchev–Trinajstić information content (AvgIpc) is 3.17. The van der Waals surface area contributed by atoms with E-state index in [1.165, 1.54) is 0 Å². The van der Waals surface area contributed by atoms with Gasteiger partial charge in [-0.15, -0.1) is 0 Å². The van der Waals surface area contributed by atoms with Crippen molar-refractivity contribution in [2.75, 3.05) is 0 Å². The first-order valence-corrected chi connectivity index (χ1v) is 8.06. The Balaban J connectivity index is 1.73. The van der Waals surface area contributed by atoms with E-state index < -0.39 is 11.5 Å². The lowest BCUT2D eigenvalue weighted by molar-refractivity contribution is -0.147. The van der Waals surface area contributed by atoms with Crippen LogP contribution in [0.2, 0.25) is 0 Å². The number of oxazole rings is 1. The summed E-state index contributed by atoms with van der Waals surface area (Å²) in [4.78, 5) is 28.2. The topological polar surface area (TPSA) is 92.4 Å². The number of benzene rings is 1. The number of carbonyl (C=O) groups is 2. The Morgan fingerprint density at radius 3 is 2.54 bits per heavy atom. The largest absolute Gasteiger partial charge is 0.480 e. The molecule has 24 heavy (non-hydrogen) atoms. The van der Waals surface area contributed by atoms with Crippen molar-refractivity contribution >= 4 is 11.9 Å². The second-order valence-electron chi connectivity index (χ2n) is 6.21. The van der Waals surface area contributed by atoms with Crippen LogP contribution >= 0.6 is 0 Å². The molecule has 6 heteroatoms. The van der Waals surface area contributed by atoms with Crippen molar-refractivity contribution in [3.63, 3.8) is 0 Å². The highest BCUT2D eigenvalue weighted by molar-refractivity contribution is 5.88. The molecule has 6 nitrogen and oxygen atoms in total. The number of carboxylic acids is 1. The van der Waals surface area contributed by atoms with Gasteiger partial charge < -0.3 is 14.8 Å². The molecule has 0 bridgehead atoms. The fraction of sp³-hybridized carbons (Fsp3) is 0.389. The zero-order valence-corrected chi connectivity index (χ0v) is 13.5. The van der Waals surface area contributed by atoms with E-state index in [1.54, 1.807) is 6.92 Å². The Kier molecular flexibility index (Phi) is 4.38. The van der Waals surface area contributed by atoms with Gasteiger partial charge >= 0.3 is 5.97 Å². The maximum Gasteiger partial charge on any atom is 0.329 e. The van der Waals surface area contributed by atoms with Crippen LogP contribution in [0.15, 0.2) is 34.7 Å². The third kappa shape index (κ3) is 3.18. The van der Waals surface area contributed by atoms with Crippen LogP contribution in [0, 0.1) is 6.92 Å². The van der Waals surface area contributed by atoms with Gasteiger partial charge in [-0.2, -0.15) is 0 Å². The molecule has 1 saturated carbocycles. The number of aliphatic carboxylic acids is 1. The van der Waals surface area contributed by atoms with Crippen LogP contribution in [0.3, 0.4) is 0 Å². The summed E-state index contributed by atoms with van der Waals surface area (Å²) in [5.41, 5.74) is 0.242. The van der Waals surface area contributed by atoms with Crippen LogP contribution in [0.5, 0.6) is 0 Å². The molecule has 1 heterocycles. The fourth-order valence-electron chi connectivity index (χ4n) is 3.13. The third-order valence-corrected chi connectivity index (χ3v) is 4.49. The molecule has 0 radical (unpaired) electrons. The lowest BCUT2D eigenvalue weighted by atomic mass is 9.97. The molecule has 1 aliphatic carbocycles. The first-order valence-electron chi connectivity index (χ1n) is 8.06. The molecule has 2 N–H and O–H groups in total. The van der Waals surface area contributed by atoms with Gasteiger partial charge in [-0.3, -0.25) is 4.79 Å². The smallest absolute Gasteiger partial charge is 0.329 e. The molecular weight excluding hydrogens is 308 g/mol. The predicted octanol–water partition coefficient (Wildman–Crippen LogP) is 2.71. The number of carbonyl (C=O) groups excluding carboxylic acids is 1. The van der Waals surface area contributed by atoms with Crippen molar-refractivity contribution in [3.05, 3.63) is 41.8 Å². The third-order valence-electron chi connectivity index (χ3n) is 4.49. The summed E-state index contributed by atoms with van der Waals surface area (Å²) in [5.74, 6) is -0.268. The van der Waals surface area contributed by atoms with Gasteiger partial charge in [-0.1, -0.05) is 31.0 Å². The molecule has 3 rings (SSSR count). The highest BCUT2D eigenvalue weighted by Crippen LogP contribution is 2.30. The van der Waals surface area contributed by atoms with Gasteiger partial charge in [0, 0.05) is 5.56 Å². The van der Waals surface area contributed by atoms with Crippen LogP contribution in [0.25, 0.3) is 11.5 Å². The van der Waals surface area contributed by atoms with Crippen molar-refractivity contribution in [2.45, 2.75) is 44.6 Å². The van der Waals surface area contributed by atoms with Crippen LogP contribution in [-0.2, 0) is 16.0 Å². The molecule has 1 aromatic heterocycles. The van der Waals surface area contributed by atoms with E-state index in [1.807, 2.05) is 30.3 Å². The number of amides is 1. The highest BCUT2D eigenvalue weighted by Gasteiger charge is 2.42. The van der Waals surface area contributed by atoms with Crippen molar-refractivity contribution < 1.29 is 19.1 Å². The minimum atomic E-state index is -1.13. The van der Waals surface area contributed by atoms with E-state index in [-0.39, 0.29) is 12.3 Å². The Bertz CT molecular complexity index is 746. The molecule has 0 unspecified atom stereocenters. The van der Waals surface area contributed by atoms with Gasteiger partial charge in [0.25, 0.3) is 0 Å².